The zero-order valence-electron chi connectivity index (χ0n) is 14.5. The van der Waals surface area contributed by atoms with E-state index < -0.39 is 0 Å². The Morgan fingerprint density at radius 3 is 2.71 bits per heavy atom. The van der Waals surface area contributed by atoms with Gasteiger partial charge in [0.05, 0.1) is 18.0 Å². The van der Waals surface area contributed by atoms with Gasteiger partial charge in [-0.2, -0.15) is 10.2 Å². The van der Waals surface area contributed by atoms with Crippen LogP contribution in [0.3, 0.4) is 0 Å². The first-order valence-electron chi connectivity index (χ1n) is 8.39. The van der Waals surface area contributed by atoms with Gasteiger partial charge >= 0.3 is 0 Å². The molecule has 24 heavy (non-hydrogen) atoms. The van der Waals surface area contributed by atoms with Gasteiger partial charge in [0.25, 0.3) is 5.91 Å². The van der Waals surface area contributed by atoms with Crippen LogP contribution in [0.25, 0.3) is 0 Å². The molecule has 0 saturated carbocycles. The van der Waals surface area contributed by atoms with Gasteiger partial charge in [-0.25, -0.2) is 0 Å². The summed E-state index contributed by atoms with van der Waals surface area (Å²) < 4.78 is 3.57. The molecule has 1 aliphatic heterocycles. The minimum absolute atomic E-state index is 0.0187. The standard InChI is InChI=1S/C17H25N5O2/c1-12(2)6-22-9-14(5-19-22)17(24)21-8-15(11-23)16(10-21)13-4-18-20(3)7-13/h4-5,7,9,12,15-16,23H,6,8,10-11H2,1-3H3/t15-,16-/m0/s1. The topological polar surface area (TPSA) is 76.2 Å². The Balaban J connectivity index is 1.73. The van der Waals surface area contributed by atoms with Crippen molar-refractivity contribution >= 4 is 5.91 Å². The lowest BCUT2D eigenvalue weighted by Gasteiger charge is -2.15. The first-order chi connectivity index (χ1) is 11.5. The Morgan fingerprint density at radius 2 is 2.08 bits per heavy atom. The molecule has 0 unspecified atom stereocenters. The van der Waals surface area contributed by atoms with E-state index in [9.17, 15) is 9.90 Å². The molecule has 7 heteroatoms. The van der Waals surface area contributed by atoms with E-state index in [2.05, 4.69) is 24.0 Å². The Bertz CT molecular complexity index is 705. The van der Waals surface area contributed by atoms with Gasteiger partial charge in [0.2, 0.25) is 0 Å². The molecule has 130 valence electrons. The lowest BCUT2D eigenvalue weighted by atomic mass is 9.92. The van der Waals surface area contributed by atoms with Crippen molar-refractivity contribution in [2.45, 2.75) is 26.3 Å². The highest BCUT2D eigenvalue weighted by Crippen LogP contribution is 2.32. The van der Waals surface area contributed by atoms with Crippen LogP contribution in [0, 0.1) is 11.8 Å². The number of aliphatic hydroxyl groups is 1. The number of hydrogen-bond acceptors (Lipinski definition) is 4. The van der Waals surface area contributed by atoms with Gasteiger partial charge in [-0.3, -0.25) is 14.2 Å². The molecule has 7 nitrogen and oxygen atoms in total. The predicted octanol–water partition coefficient (Wildman–Crippen LogP) is 1.12. The second kappa shape index (κ2) is 6.76. The van der Waals surface area contributed by atoms with E-state index in [0.717, 1.165) is 12.1 Å². The highest BCUT2D eigenvalue weighted by Gasteiger charge is 2.36. The highest BCUT2D eigenvalue weighted by atomic mass is 16.3. The van der Waals surface area contributed by atoms with Gasteiger partial charge < -0.3 is 10.0 Å². The van der Waals surface area contributed by atoms with Crippen LogP contribution >= 0.6 is 0 Å². The molecule has 1 aliphatic rings. The van der Waals surface area contributed by atoms with Gasteiger partial charge in [0.15, 0.2) is 0 Å². The number of aliphatic hydroxyl groups excluding tert-OH is 1. The summed E-state index contributed by atoms with van der Waals surface area (Å²) in [6.07, 6.45) is 7.23. The van der Waals surface area contributed by atoms with Crippen molar-refractivity contribution in [1.29, 1.82) is 0 Å². The number of aryl methyl sites for hydroxylation is 1. The van der Waals surface area contributed by atoms with Gasteiger partial charge in [-0.15, -0.1) is 0 Å². The van der Waals surface area contributed by atoms with Crippen LogP contribution in [0.2, 0.25) is 0 Å². The second-order valence-corrected chi connectivity index (χ2v) is 7.05. The van der Waals surface area contributed by atoms with Crippen molar-refractivity contribution in [2.75, 3.05) is 19.7 Å². The molecular weight excluding hydrogens is 306 g/mol. The summed E-state index contributed by atoms with van der Waals surface area (Å²) in [6, 6.07) is 0. The third kappa shape index (κ3) is 3.36. The van der Waals surface area contributed by atoms with Gasteiger partial charge in [-0.05, 0) is 11.5 Å². The third-order valence-electron chi connectivity index (χ3n) is 4.55. The smallest absolute Gasteiger partial charge is 0.257 e. The molecule has 1 N–H and O–H groups in total. The van der Waals surface area contributed by atoms with Gasteiger partial charge in [-0.1, -0.05) is 13.8 Å². The molecule has 0 bridgehead atoms. The SMILES string of the molecule is CC(C)Cn1cc(C(=O)N2C[C@@H](CO)[C@H](c3cnn(C)c3)C2)cn1. The molecule has 2 aromatic heterocycles. The average molecular weight is 331 g/mol. The van der Waals surface area contributed by atoms with Crippen molar-refractivity contribution < 1.29 is 9.90 Å². The number of carbonyl (C=O) groups excluding carboxylic acids is 1. The lowest BCUT2D eigenvalue weighted by molar-refractivity contribution is 0.0781. The van der Waals surface area contributed by atoms with Crippen molar-refractivity contribution in [3.8, 4) is 0 Å². The van der Waals surface area contributed by atoms with Crippen LogP contribution in [0.15, 0.2) is 24.8 Å². The summed E-state index contributed by atoms with van der Waals surface area (Å²) in [5.41, 5.74) is 1.68. The number of rotatable bonds is 5. The maximum Gasteiger partial charge on any atom is 0.257 e. The fraction of sp³-hybridized carbons (Fsp3) is 0.588. The minimum atomic E-state index is -0.0187. The van der Waals surface area contributed by atoms with E-state index in [0.29, 0.717) is 24.6 Å². The number of likely N-dealkylation sites (tertiary alicyclic amines) is 1. The zero-order valence-corrected chi connectivity index (χ0v) is 14.5. The number of nitrogens with zero attached hydrogens (tertiary/aromatic N) is 5. The molecule has 2 atom stereocenters. The van der Waals surface area contributed by atoms with Crippen LogP contribution in [-0.2, 0) is 13.6 Å². The highest BCUT2D eigenvalue weighted by molar-refractivity contribution is 5.94. The van der Waals surface area contributed by atoms with Crippen LogP contribution in [0.1, 0.15) is 35.7 Å². The summed E-state index contributed by atoms with van der Waals surface area (Å²) in [5, 5.41) is 18.2. The maximum absolute atomic E-state index is 12.8. The van der Waals surface area contributed by atoms with Crippen molar-refractivity contribution in [3.05, 3.63) is 35.9 Å². The van der Waals surface area contributed by atoms with E-state index >= 15 is 0 Å². The summed E-state index contributed by atoms with van der Waals surface area (Å²) in [4.78, 5) is 14.6. The average Bonchev–Trinajstić information content (AvgIpc) is 3.24. The number of aromatic nitrogens is 4. The largest absolute Gasteiger partial charge is 0.396 e. The summed E-state index contributed by atoms with van der Waals surface area (Å²) in [5.74, 6) is 0.630. The molecule has 3 rings (SSSR count). The fourth-order valence-corrected chi connectivity index (χ4v) is 3.36. The molecule has 1 fully saturated rings. The fourth-order valence-electron chi connectivity index (χ4n) is 3.36. The first-order valence-corrected chi connectivity index (χ1v) is 8.39. The molecule has 0 aromatic carbocycles. The number of carbonyl (C=O) groups is 1. The number of amides is 1. The van der Waals surface area contributed by atoms with E-state index in [-0.39, 0.29) is 24.3 Å². The van der Waals surface area contributed by atoms with E-state index in [1.165, 1.54) is 0 Å². The number of hydrogen-bond donors (Lipinski definition) is 1. The molecular formula is C17H25N5O2. The summed E-state index contributed by atoms with van der Waals surface area (Å²) >= 11 is 0. The first kappa shape index (κ1) is 16.7. The van der Waals surface area contributed by atoms with Crippen molar-refractivity contribution in [1.82, 2.24) is 24.5 Å². The van der Waals surface area contributed by atoms with Gasteiger partial charge in [0, 0.05) is 57.5 Å². The van der Waals surface area contributed by atoms with E-state index in [1.807, 2.05) is 35.2 Å². The molecule has 0 aliphatic carbocycles. The maximum atomic E-state index is 12.8. The van der Waals surface area contributed by atoms with Crippen LogP contribution < -0.4 is 0 Å². The zero-order chi connectivity index (χ0) is 17.3. The lowest BCUT2D eigenvalue weighted by Crippen LogP contribution is -2.29. The van der Waals surface area contributed by atoms with E-state index in [1.54, 1.807) is 10.9 Å². The predicted molar refractivity (Wildman–Crippen MR) is 89.5 cm³/mol. The van der Waals surface area contributed by atoms with Crippen LogP contribution in [0.5, 0.6) is 0 Å². The van der Waals surface area contributed by atoms with Crippen molar-refractivity contribution in [3.63, 3.8) is 0 Å². The molecule has 1 saturated heterocycles. The molecule has 0 spiro atoms. The van der Waals surface area contributed by atoms with E-state index in [4.69, 9.17) is 0 Å². The van der Waals surface area contributed by atoms with Gasteiger partial charge in [0.1, 0.15) is 0 Å². The molecule has 3 heterocycles. The van der Waals surface area contributed by atoms with Crippen LogP contribution in [-0.4, -0.2) is 55.2 Å². The second-order valence-electron chi connectivity index (χ2n) is 7.05. The summed E-state index contributed by atoms with van der Waals surface area (Å²) in [6.45, 7) is 6.26. The van der Waals surface area contributed by atoms with Crippen molar-refractivity contribution in [2.24, 2.45) is 18.9 Å². The Kier molecular flexibility index (Phi) is 4.71. The minimum Gasteiger partial charge on any atom is -0.396 e. The van der Waals surface area contributed by atoms with Crippen LogP contribution in [0.4, 0.5) is 0 Å². The third-order valence-corrected chi connectivity index (χ3v) is 4.55. The Hall–Kier alpha value is -2.15. The molecule has 0 radical (unpaired) electrons. The normalized spacial score (nSPS) is 21.0. The monoisotopic (exact) mass is 331 g/mol. The Morgan fingerprint density at radius 1 is 1.29 bits per heavy atom. The molecule has 1 amide bonds. The quantitative estimate of drug-likeness (QED) is 0.891. The molecule has 2 aromatic rings. The Labute approximate surface area is 141 Å². The summed E-state index contributed by atoms with van der Waals surface area (Å²) in [7, 11) is 1.87.